The van der Waals surface area contributed by atoms with Gasteiger partial charge in [0.15, 0.2) is 5.78 Å². The van der Waals surface area contributed by atoms with E-state index in [4.69, 9.17) is 4.74 Å². The molecule has 0 saturated heterocycles. The number of ether oxygens (including phenoxy) is 1. The second-order valence-electron chi connectivity index (χ2n) is 4.30. The minimum absolute atomic E-state index is 0.0125. The van der Waals surface area contributed by atoms with E-state index in [1.54, 1.807) is 0 Å². The number of halogens is 2. The third-order valence-corrected chi connectivity index (χ3v) is 5.13. The number of benzene rings is 1. The molecule has 0 radical (unpaired) electrons. The molecule has 1 aromatic heterocycles. The molecule has 5 heteroatoms. The summed E-state index contributed by atoms with van der Waals surface area (Å²) < 4.78 is 7.25. The van der Waals surface area contributed by atoms with E-state index in [2.05, 4.69) is 44.0 Å². The van der Waals surface area contributed by atoms with Crippen molar-refractivity contribution in [2.24, 2.45) is 0 Å². The molecule has 0 bridgehead atoms. The Morgan fingerprint density at radius 2 is 1.95 bits per heavy atom. The van der Waals surface area contributed by atoms with Crippen molar-refractivity contribution in [3.05, 3.63) is 55.1 Å². The van der Waals surface area contributed by atoms with Gasteiger partial charge in [-0.2, -0.15) is 0 Å². The molecule has 106 valence electrons. The zero-order chi connectivity index (χ0) is 14.4. The predicted molar refractivity (Wildman–Crippen MR) is 89.6 cm³/mol. The summed E-state index contributed by atoms with van der Waals surface area (Å²) >= 11 is 8.24. The smallest absolute Gasteiger partial charge is 0.190 e. The molecule has 0 atom stereocenters. The molecule has 20 heavy (non-hydrogen) atoms. The van der Waals surface area contributed by atoms with E-state index in [-0.39, 0.29) is 12.4 Å². The molecule has 2 rings (SSSR count). The second-order valence-corrected chi connectivity index (χ2v) is 8.05. The number of rotatable bonds is 7. The highest BCUT2D eigenvalue weighted by Crippen LogP contribution is 2.32. The molecule has 0 aliphatic carbocycles. The van der Waals surface area contributed by atoms with Crippen LogP contribution in [0.3, 0.4) is 0 Å². The van der Waals surface area contributed by atoms with Crippen molar-refractivity contribution in [2.45, 2.75) is 12.8 Å². The molecular weight excluding hydrogens is 404 g/mol. The number of Topliss-reactive ketones (excluding diaryl/α,β-unsaturated/α-hetero) is 1. The number of hydrogen-bond donors (Lipinski definition) is 0. The van der Waals surface area contributed by atoms with E-state index in [0.29, 0.717) is 12.2 Å². The number of thiophene rings is 1. The first-order chi connectivity index (χ1) is 9.66. The summed E-state index contributed by atoms with van der Waals surface area (Å²) in [5.41, 5.74) is 1.98. The average Bonchev–Trinajstić information content (AvgIpc) is 2.78. The van der Waals surface area contributed by atoms with Crippen LogP contribution in [0.1, 0.15) is 22.3 Å². The van der Waals surface area contributed by atoms with E-state index >= 15 is 0 Å². The van der Waals surface area contributed by atoms with Crippen molar-refractivity contribution >= 4 is 49.0 Å². The van der Waals surface area contributed by atoms with Gasteiger partial charge in [0.2, 0.25) is 0 Å². The Morgan fingerprint density at radius 3 is 2.60 bits per heavy atom. The first kappa shape index (κ1) is 15.9. The second kappa shape index (κ2) is 8.08. The fourth-order valence-corrected chi connectivity index (χ4v) is 4.65. The molecule has 2 nitrogen and oxygen atoms in total. The normalized spacial score (nSPS) is 10.7. The zero-order valence-electron chi connectivity index (χ0n) is 10.8. The van der Waals surface area contributed by atoms with Gasteiger partial charge in [-0.25, -0.2) is 0 Å². The first-order valence-electron chi connectivity index (χ1n) is 6.26. The van der Waals surface area contributed by atoms with Crippen molar-refractivity contribution in [3.63, 3.8) is 0 Å². The van der Waals surface area contributed by atoms with Crippen LogP contribution in [0.5, 0.6) is 0 Å². The third kappa shape index (κ3) is 4.81. The minimum atomic E-state index is 0.0125. The molecule has 0 aliphatic heterocycles. The summed E-state index contributed by atoms with van der Waals surface area (Å²) in [6.45, 7) is 0.736. The zero-order valence-corrected chi connectivity index (χ0v) is 14.8. The lowest BCUT2D eigenvalue weighted by atomic mass is 10.1. The Morgan fingerprint density at radius 1 is 1.20 bits per heavy atom. The number of ketones is 1. The summed E-state index contributed by atoms with van der Waals surface area (Å²) in [6, 6.07) is 12.1. The monoisotopic (exact) mass is 416 g/mol. The standard InChI is InChI=1S/C15H14Br2O2S/c16-14-9-12(15(17)20-14)13(18)10-19-8-4-7-11-5-2-1-3-6-11/h1-3,5-6,9H,4,7-8,10H2. The highest BCUT2D eigenvalue weighted by Gasteiger charge is 2.13. The van der Waals surface area contributed by atoms with Gasteiger partial charge < -0.3 is 4.74 Å². The van der Waals surface area contributed by atoms with Crippen LogP contribution in [0.25, 0.3) is 0 Å². The highest BCUT2D eigenvalue weighted by molar-refractivity contribution is 9.12. The molecule has 0 N–H and O–H groups in total. The fourth-order valence-electron chi connectivity index (χ4n) is 1.80. The van der Waals surface area contributed by atoms with Crippen molar-refractivity contribution < 1.29 is 9.53 Å². The Bertz CT molecular complexity index is 567. The SMILES string of the molecule is O=C(COCCCc1ccccc1)c1cc(Br)sc1Br. The van der Waals surface area contributed by atoms with Crippen LogP contribution in [-0.4, -0.2) is 19.0 Å². The topological polar surface area (TPSA) is 26.3 Å². The molecule has 0 aliphatic rings. The summed E-state index contributed by atoms with van der Waals surface area (Å²) in [4.78, 5) is 11.9. The van der Waals surface area contributed by atoms with Crippen LogP contribution in [0.2, 0.25) is 0 Å². The van der Waals surface area contributed by atoms with Gasteiger partial charge in [0.05, 0.1) is 7.57 Å². The average molecular weight is 418 g/mol. The van der Waals surface area contributed by atoms with E-state index in [0.717, 1.165) is 20.4 Å². The summed E-state index contributed by atoms with van der Waals surface area (Å²) in [5, 5.41) is 0. The van der Waals surface area contributed by atoms with Crippen molar-refractivity contribution in [3.8, 4) is 0 Å². The molecule has 0 amide bonds. The lowest BCUT2D eigenvalue weighted by Gasteiger charge is -2.03. The number of hydrogen-bond acceptors (Lipinski definition) is 3. The van der Waals surface area contributed by atoms with E-state index in [9.17, 15) is 4.79 Å². The van der Waals surface area contributed by atoms with Gasteiger partial charge in [-0.15, -0.1) is 11.3 Å². The van der Waals surface area contributed by atoms with Gasteiger partial charge in [-0.1, -0.05) is 30.3 Å². The van der Waals surface area contributed by atoms with Crippen LogP contribution in [0, 0.1) is 0 Å². The van der Waals surface area contributed by atoms with E-state index in [1.807, 2.05) is 24.3 Å². The van der Waals surface area contributed by atoms with Crippen molar-refractivity contribution in [1.82, 2.24) is 0 Å². The Hall–Kier alpha value is -0.490. The highest BCUT2D eigenvalue weighted by atomic mass is 79.9. The fraction of sp³-hybridized carbons (Fsp3) is 0.267. The van der Waals surface area contributed by atoms with Gasteiger partial charge in [-0.3, -0.25) is 4.79 Å². The summed E-state index contributed by atoms with van der Waals surface area (Å²) in [5.74, 6) is 0.0125. The largest absolute Gasteiger partial charge is 0.373 e. The van der Waals surface area contributed by atoms with Gasteiger partial charge in [-0.05, 0) is 56.3 Å². The molecule has 1 heterocycles. The molecular formula is C15H14Br2O2S. The van der Waals surface area contributed by atoms with Gasteiger partial charge >= 0.3 is 0 Å². The third-order valence-electron chi connectivity index (χ3n) is 2.79. The molecule has 1 aromatic carbocycles. The maximum Gasteiger partial charge on any atom is 0.190 e. The maximum absolute atomic E-state index is 11.9. The van der Waals surface area contributed by atoms with Gasteiger partial charge in [0.25, 0.3) is 0 Å². The number of aryl methyl sites for hydroxylation is 1. The lowest BCUT2D eigenvalue weighted by Crippen LogP contribution is -2.09. The molecule has 2 aromatic rings. The first-order valence-corrected chi connectivity index (χ1v) is 8.67. The van der Waals surface area contributed by atoms with Crippen LogP contribution in [-0.2, 0) is 11.2 Å². The molecule has 0 spiro atoms. The minimum Gasteiger partial charge on any atom is -0.373 e. The van der Waals surface area contributed by atoms with Crippen molar-refractivity contribution in [1.29, 1.82) is 0 Å². The van der Waals surface area contributed by atoms with E-state index in [1.165, 1.54) is 16.9 Å². The van der Waals surface area contributed by atoms with Gasteiger partial charge in [0, 0.05) is 12.2 Å². The predicted octanol–water partition coefficient (Wildman–Crippen LogP) is 5.11. The number of carbonyl (C=O) groups excluding carboxylic acids is 1. The van der Waals surface area contributed by atoms with Crippen LogP contribution < -0.4 is 0 Å². The Balaban J connectivity index is 1.68. The van der Waals surface area contributed by atoms with Crippen LogP contribution >= 0.6 is 43.2 Å². The summed E-state index contributed by atoms with van der Waals surface area (Å²) in [7, 11) is 0. The Kier molecular flexibility index (Phi) is 6.42. The maximum atomic E-state index is 11.9. The molecule has 0 fully saturated rings. The number of carbonyl (C=O) groups is 1. The molecule has 0 saturated carbocycles. The Labute approximate surface area is 139 Å². The van der Waals surface area contributed by atoms with E-state index < -0.39 is 0 Å². The van der Waals surface area contributed by atoms with Crippen LogP contribution in [0.15, 0.2) is 44.0 Å². The molecule has 0 unspecified atom stereocenters. The van der Waals surface area contributed by atoms with Crippen molar-refractivity contribution in [2.75, 3.05) is 13.2 Å². The summed E-state index contributed by atoms with van der Waals surface area (Å²) in [6.07, 6.45) is 1.90. The van der Waals surface area contributed by atoms with Crippen LogP contribution in [0.4, 0.5) is 0 Å². The lowest BCUT2D eigenvalue weighted by molar-refractivity contribution is 0.0756. The van der Waals surface area contributed by atoms with Gasteiger partial charge in [0.1, 0.15) is 6.61 Å². The quantitative estimate of drug-likeness (QED) is 0.462.